The van der Waals surface area contributed by atoms with E-state index in [2.05, 4.69) is 0 Å². The third-order valence-electron chi connectivity index (χ3n) is 1.94. The predicted octanol–water partition coefficient (Wildman–Crippen LogP) is 2.26. The highest BCUT2D eigenvalue weighted by atomic mass is 19.4. The molecule has 0 aromatic rings. The minimum absolute atomic E-state index is 0.177. The molecule has 0 saturated carbocycles. The number of hydrogen-bond acceptors (Lipinski definition) is 1. The first-order valence-corrected chi connectivity index (χ1v) is 3.86. The molecule has 0 spiro atoms. The van der Waals surface area contributed by atoms with Gasteiger partial charge in [-0.3, -0.25) is 0 Å². The minimum atomic E-state index is -4.58. The van der Waals surface area contributed by atoms with Crippen molar-refractivity contribution in [2.45, 2.75) is 19.2 Å². The zero-order valence-corrected chi connectivity index (χ0v) is 6.23. The fraction of sp³-hybridized carbons (Fsp3) is 1.00. The van der Waals surface area contributed by atoms with Gasteiger partial charge in [0.15, 0.2) is 0 Å². The highest BCUT2D eigenvalue weighted by Crippen LogP contribution is 2.27. The molecule has 5 heteroatoms. The molecule has 0 atom stereocenters. The molecular formula is C6H11BF3O-. The van der Waals surface area contributed by atoms with Crippen LogP contribution in [0.4, 0.5) is 12.9 Å². The molecule has 66 valence electrons. The van der Waals surface area contributed by atoms with E-state index in [1.54, 1.807) is 0 Å². The van der Waals surface area contributed by atoms with Crippen LogP contribution < -0.4 is 0 Å². The fourth-order valence-corrected chi connectivity index (χ4v) is 1.36. The van der Waals surface area contributed by atoms with E-state index in [9.17, 15) is 12.9 Å². The molecule has 11 heavy (non-hydrogen) atoms. The lowest BCUT2D eigenvalue weighted by atomic mass is 9.75. The standard InChI is InChI=1S/C6H11BF3O/c8-7(9,10)5-6-1-3-11-4-2-6/h6H,1-5H2/q-1. The van der Waals surface area contributed by atoms with Gasteiger partial charge in [-0.2, -0.15) is 0 Å². The second-order valence-corrected chi connectivity index (χ2v) is 3.00. The topological polar surface area (TPSA) is 9.23 Å². The Hall–Kier alpha value is -0.185. The van der Waals surface area contributed by atoms with Crippen molar-refractivity contribution in [3.8, 4) is 0 Å². The summed E-state index contributed by atoms with van der Waals surface area (Å²) in [6, 6.07) is 0. The highest BCUT2D eigenvalue weighted by molar-refractivity contribution is 6.58. The van der Waals surface area contributed by atoms with Crippen molar-refractivity contribution in [2.75, 3.05) is 13.2 Å². The molecule has 1 nitrogen and oxygen atoms in total. The first-order valence-electron chi connectivity index (χ1n) is 3.86. The van der Waals surface area contributed by atoms with Crippen LogP contribution in [-0.2, 0) is 4.74 Å². The Kier molecular flexibility index (Phi) is 2.81. The average Bonchev–Trinajstić information content (AvgIpc) is 1.85. The van der Waals surface area contributed by atoms with Gasteiger partial charge in [-0.1, -0.05) is 12.2 Å². The summed E-state index contributed by atoms with van der Waals surface area (Å²) in [5.74, 6) is -0.177. The van der Waals surface area contributed by atoms with Crippen LogP contribution in [0.25, 0.3) is 0 Å². The molecule has 1 rings (SSSR count). The Bertz CT molecular complexity index is 119. The third kappa shape index (κ3) is 3.65. The Morgan fingerprint density at radius 1 is 1.18 bits per heavy atom. The van der Waals surface area contributed by atoms with Gasteiger partial charge in [0.1, 0.15) is 0 Å². The summed E-state index contributed by atoms with van der Waals surface area (Å²) in [6.45, 7) is -3.59. The highest BCUT2D eigenvalue weighted by Gasteiger charge is 2.28. The Morgan fingerprint density at radius 3 is 2.18 bits per heavy atom. The molecule has 1 saturated heterocycles. The van der Waals surface area contributed by atoms with Crippen LogP contribution in [0.3, 0.4) is 0 Å². The first-order chi connectivity index (χ1) is 5.08. The van der Waals surface area contributed by atoms with Gasteiger partial charge >= 0.3 is 6.98 Å². The minimum Gasteiger partial charge on any atom is -0.449 e. The summed E-state index contributed by atoms with van der Waals surface area (Å²) >= 11 is 0. The van der Waals surface area contributed by atoms with Gasteiger partial charge in [-0.25, -0.2) is 0 Å². The summed E-state index contributed by atoms with van der Waals surface area (Å²) in [6.07, 6.45) is 0.561. The number of halogens is 3. The molecular weight excluding hydrogens is 156 g/mol. The molecule has 0 radical (unpaired) electrons. The largest absolute Gasteiger partial charge is 0.478 e. The van der Waals surface area contributed by atoms with Crippen LogP contribution in [0.5, 0.6) is 0 Å². The maximum absolute atomic E-state index is 11.9. The second-order valence-electron chi connectivity index (χ2n) is 3.00. The van der Waals surface area contributed by atoms with E-state index in [1.165, 1.54) is 0 Å². The zero-order valence-electron chi connectivity index (χ0n) is 6.23. The summed E-state index contributed by atoms with van der Waals surface area (Å²) in [7, 11) is 0. The lowest BCUT2D eigenvalue weighted by Crippen LogP contribution is -2.24. The molecule has 0 aliphatic carbocycles. The molecule has 1 aliphatic rings. The molecule has 0 N–H and O–H groups in total. The van der Waals surface area contributed by atoms with E-state index in [-0.39, 0.29) is 5.92 Å². The Balaban J connectivity index is 2.24. The van der Waals surface area contributed by atoms with E-state index in [1.807, 2.05) is 0 Å². The monoisotopic (exact) mass is 167 g/mol. The SMILES string of the molecule is F[B-](F)(F)CC1CCOCC1. The number of ether oxygens (including phenoxy) is 1. The van der Waals surface area contributed by atoms with Crippen LogP contribution in [0.1, 0.15) is 12.8 Å². The van der Waals surface area contributed by atoms with Crippen molar-refractivity contribution in [1.82, 2.24) is 0 Å². The Labute approximate surface area is 64.0 Å². The maximum atomic E-state index is 11.9. The normalized spacial score (nSPS) is 22.1. The van der Waals surface area contributed by atoms with Crippen molar-refractivity contribution in [1.29, 1.82) is 0 Å². The van der Waals surface area contributed by atoms with Crippen molar-refractivity contribution in [2.24, 2.45) is 5.92 Å². The van der Waals surface area contributed by atoms with Gasteiger partial charge in [0.2, 0.25) is 0 Å². The smallest absolute Gasteiger partial charge is 0.449 e. The van der Waals surface area contributed by atoms with E-state index in [0.29, 0.717) is 26.1 Å². The van der Waals surface area contributed by atoms with E-state index in [4.69, 9.17) is 4.74 Å². The van der Waals surface area contributed by atoms with Crippen LogP contribution in [-0.4, -0.2) is 20.2 Å². The van der Waals surface area contributed by atoms with Gasteiger partial charge in [0.05, 0.1) is 0 Å². The molecule has 0 aromatic carbocycles. The van der Waals surface area contributed by atoms with Gasteiger partial charge < -0.3 is 17.7 Å². The van der Waals surface area contributed by atoms with Crippen molar-refractivity contribution in [3.05, 3.63) is 0 Å². The van der Waals surface area contributed by atoms with Gasteiger partial charge in [0.25, 0.3) is 0 Å². The first kappa shape index (κ1) is 8.91. The lowest BCUT2D eigenvalue weighted by molar-refractivity contribution is 0.0695. The quantitative estimate of drug-likeness (QED) is 0.573. The summed E-state index contributed by atoms with van der Waals surface area (Å²) < 4.78 is 40.5. The average molecular weight is 167 g/mol. The number of rotatable bonds is 2. The van der Waals surface area contributed by atoms with Crippen molar-refractivity contribution < 1.29 is 17.7 Å². The van der Waals surface area contributed by atoms with Gasteiger partial charge in [0, 0.05) is 13.2 Å². The molecule has 0 bridgehead atoms. The van der Waals surface area contributed by atoms with Crippen molar-refractivity contribution >= 4 is 6.98 Å². The summed E-state index contributed by atoms with van der Waals surface area (Å²) in [4.78, 5) is 0. The second kappa shape index (κ2) is 3.47. The fourth-order valence-electron chi connectivity index (χ4n) is 1.36. The Morgan fingerprint density at radius 2 is 1.73 bits per heavy atom. The summed E-state index contributed by atoms with van der Waals surface area (Å²) in [5.41, 5.74) is 0. The van der Waals surface area contributed by atoms with Gasteiger partial charge in [-0.05, 0) is 12.8 Å². The van der Waals surface area contributed by atoms with Gasteiger partial charge in [-0.15, -0.1) is 0 Å². The molecule has 0 unspecified atom stereocenters. The molecule has 1 fully saturated rings. The maximum Gasteiger partial charge on any atom is 0.478 e. The number of hydrogen-bond donors (Lipinski definition) is 0. The van der Waals surface area contributed by atoms with E-state index >= 15 is 0 Å². The molecule has 0 amide bonds. The van der Waals surface area contributed by atoms with Crippen molar-refractivity contribution in [3.63, 3.8) is 0 Å². The predicted molar refractivity (Wildman–Crippen MR) is 37.4 cm³/mol. The van der Waals surface area contributed by atoms with Crippen LogP contribution in [0, 0.1) is 5.92 Å². The zero-order chi connectivity index (χ0) is 8.32. The summed E-state index contributed by atoms with van der Waals surface area (Å²) in [5, 5.41) is 0. The van der Waals surface area contributed by atoms with Crippen LogP contribution >= 0.6 is 0 Å². The molecule has 1 aliphatic heterocycles. The van der Waals surface area contributed by atoms with Crippen LogP contribution in [0.15, 0.2) is 0 Å². The molecule has 1 heterocycles. The third-order valence-corrected chi connectivity index (χ3v) is 1.94. The van der Waals surface area contributed by atoms with Crippen LogP contribution in [0.2, 0.25) is 6.32 Å². The lowest BCUT2D eigenvalue weighted by Gasteiger charge is -2.26. The van der Waals surface area contributed by atoms with E-state index in [0.717, 1.165) is 0 Å². The molecule has 0 aromatic heterocycles. The van der Waals surface area contributed by atoms with E-state index < -0.39 is 13.3 Å².